The first-order valence-corrected chi connectivity index (χ1v) is 6.84. The Kier molecular flexibility index (Phi) is 4.64. The van der Waals surface area contributed by atoms with Gasteiger partial charge in [-0.1, -0.05) is 32.1 Å². The van der Waals surface area contributed by atoms with Gasteiger partial charge >= 0.3 is 0 Å². The Morgan fingerprint density at radius 2 is 2.00 bits per heavy atom. The summed E-state index contributed by atoms with van der Waals surface area (Å²) >= 11 is 0. The minimum absolute atomic E-state index is 0.213. The molecule has 1 unspecified atom stereocenters. The average molecular weight is 224 g/mol. The molecule has 3 heteroatoms. The Hall–Kier alpha value is -0.570. The third kappa shape index (κ3) is 3.78. The molecule has 2 rings (SSSR count). The maximum atomic E-state index is 11.0. The molecule has 3 nitrogen and oxygen atoms in total. The molecular formula is C13H24N2O. The number of nitrogens with one attached hydrogen (secondary N) is 2. The lowest BCUT2D eigenvalue weighted by atomic mass is 9.87. The second-order valence-electron chi connectivity index (χ2n) is 5.29. The first-order chi connectivity index (χ1) is 7.84. The molecular weight excluding hydrogens is 200 g/mol. The first kappa shape index (κ1) is 11.9. The molecule has 1 saturated heterocycles. The summed E-state index contributed by atoms with van der Waals surface area (Å²) in [5, 5.41) is 6.49. The zero-order valence-corrected chi connectivity index (χ0v) is 10.1. The predicted molar refractivity (Wildman–Crippen MR) is 65.2 cm³/mol. The summed E-state index contributed by atoms with van der Waals surface area (Å²) in [6.45, 7) is 1.95. The molecule has 0 radical (unpaired) electrons. The maximum absolute atomic E-state index is 11.0. The molecule has 2 N–H and O–H groups in total. The van der Waals surface area contributed by atoms with E-state index in [1.165, 1.54) is 38.5 Å². The van der Waals surface area contributed by atoms with Gasteiger partial charge in [0.2, 0.25) is 5.91 Å². The lowest BCUT2D eigenvalue weighted by molar-refractivity contribution is -0.122. The lowest BCUT2D eigenvalue weighted by Crippen LogP contribution is -2.46. The van der Waals surface area contributed by atoms with Crippen molar-refractivity contribution in [3.63, 3.8) is 0 Å². The monoisotopic (exact) mass is 224 g/mol. The number of piperidine rings is 1. The Labute approximate surface area is 98.4 Å². The average Bonchev–Trinajstić information content (AvgIpc) is 2.33. The quantitative estimate of drug-likeness (QED) is 0.765. The Bertz CT molecular complexity index is 214. The van der Waals surface area contributed by atoms with Gasteiger partial charge in [-0.3, -0.25) is 4.79 Å². The maximum Gasteiger partial charge on any atom is 0.220 e. The van der Waals surface area contributed by atoms with Crippen molar-refractivity contribution in [3.05, 3.63) is 0 Å². The molecule has 0 spiro atoms. The first-order valence-electron chi connectivity index (χ1n) is 6.84. The fraction of sp³-hybridized carbons (Fsp3) is 0.923. The highest BCUT2D eigenvalue weighted by molar-refractivity contribution is 5.76. The minimum atomic E-state index is 0.213. The molecule has 1 aliphatic heterocycles. The number of amides is 1. The molecule has 1 aliphatic carbocycles. The third-order valence-electron chi connectivity index (χ3n) is 3.98. The minimum Gasteiger partial charge on any atom is -0.355 e. The van der Waals surface area contributed by atoms with E-state index in [1.807, 2.05) is 0 Å². The zero-order valence-electron chi connectivity index (χ0n) is 10.1. The zero-order chi connectivity index (χ0) is 11.2. The summed E-state index contributed by atoms with van der Waals surface area (Å²) in [6.07, 6.45) is 10.2. The smallest absolute Gasteiger partial charge is 0.220 e. The van der Waals surface area contributed by atoms with Gasteiger partial charge in [0.05, 0.1) is 0 Å². The second kappa shape index (κ2) is 6.24. The summed E-state index contributed by atoms with van der Waals surface area (Å²) in [5.41, 5.74) is 0. The summed E-state index contributed by atoms with van der Waals surface area (Å²) in [4.78, 5) is 11.0. The van der Waals surface area contributed by atoms with Crippen LogP contribution in [0.25, 0.3) is 0 Å². The van der Waals surface area contributed by atoms with Gasteiger partial charge in [0.25, 0.3) is 0 Å². The van der Waals surface area contributed by atoms with Crippen LogP contribution in [0.3, 0.4) is 0 Å². The van der Waals surface area contributed by atoms with E-state index in [0.717, 1.165) is 25.4 Å². The summed E-state index contributed by atoms with van der Waals surface area (Å²) in [5.74, 6) is 1.17. The summed E-state index contributed by atoms with van der Waals surface area (Å²) < 4.78 is 0. The van der Waals surface area contributed by atoms with Crippen molar-refractivity contribution in [3.8, 4) is 0 Å². The molecule has 2 fully saturated rings. The van der Waals surface area contributed by atoms with Crippen LogP contribution in [0.4, 0.5) is 0 Å². The molecule has 1 saturated carbocycles. The third-order valence-corrected chi connectivity index (χ3v) is 3.98. The normalized spacial score (nSPS) is 27.8. The molecule has 0 bridgehead atoms. The van der Waals surface area contributed by atoms with Crippen molar-refractivity contribution < 1.29 is 4.79 Å². The molecule has 1 atom stereocenters. The van der Waals surface area contributed by atoms with Gasteiger partial charge in [0.1, 0.15) is 0 Å². The van der Waals surface area contributed by atoms with E-state index in [2.05, 4.69) is 10.6 Å². The molecule has 16 heavy (non-hydrogen) atoms. The van der Waals surface area contributed by atoms with Gasteiger partial charge in [0, 0.05) is 19.0 Å². The van der Waals surface area contributed by atoms with Crippen molar-refractivity contribution in [1.29, 1.82) is 0 Å². The molecule has 0 aromatic carbocycles. The number of carbonyl (C=O) groups is 1. The Morgan fingerprint density at radius 1 is 1.19 bits per heavy atom. The molecule has 1 amide bonds. The van der Waals surface area contributed by atoms with Gasteiger partial charge in [-0.25, -0.2) is 0 Å². The molecule has 2 aliphatic rings. The van der Waals surface area contributed by atoms with E-state index in [9.17, 15) is 4.79 Å². The van der Waals surface area contributed by atoms with E-state index in [4.69, 9.17) is 0 Å². The van der Waals surface area contributed by atoms with Gasteiger partial charge in [-0.2, -0.15) is 0 Å². The highest BCUT2D eigenvalue weighted by Crippen LogP contribution is 2.25. The molecule has 1 heterocycles. The molecule has 0 aromatic rings. The van der Waals surface area contributed by atoms with Gasteiger partial charge in [0.15, 0.2) is 0 Å². The van der Waals surface area contributed by atoms with Crippen molar-refractivity contribution >= 4 is 5.91 Å². The van der Waals surface area contributed by atoms with E-state index in [0.29, 0.717) is 12.5 Å². The number of carbonyl (C=O) groups excluding carboxylic acids is 1. The Morgan fingerprint density at radius 3 is 2.69 bits per heavy atom. The largest absolute Gasteiger partial charge is 0.355 e. The van der Waals surface area contributed by atoms with Crippen LogP contribution in [0.15, 0.2) is 0 Å². The van der Waals surface area contributed by atoms with Crippen molar-refractivity contribution in [1.82, 2.24) is 10.6 Å². The van der Waals surface area contributed by atoms with Crippen molar-refractivity contribution in [2.75, 3.05) is 13.1 Å². The van der Waals surface area contributed by atoms with Crippen LogP contribution in [-0.2, 0) is 4.79 Å². The fourth-order valence-corrected chi connectivity index (χ4v) is 2.87. The van der Waals surface area contributed by atoms with Crippen LogP contribution < -0.4 is 10.6 Å². The van der Waals surface area contributed by atoms with Crippen molar-refractivity contribution in [2.24, 2.45) is 5.92 Å². The van der Waals surface area contributed by atoms with Crippen LogP contribution >= 0.6 is 0 Å². The van der Waals surface area contributed by atoms with E-state index < -0.39 is 0 Å². The number of hydrogen-bond acceptors (Lipinski definition) is 2. The molecule has 92 valence electrons. The predicted octanol–water partition coefficient (Wildman–Crippen LogP) is 1.82. The standard InChI is InChI=1S/C13H24N2O/c16-13-7-6-12(10-15-13)14-9-8-11-4-2-1-3-5-11/h11-12,14H,1-10H2,(H,15,16). The van der Waals surface area contributed by atoms with Crippen LogP contribution in [0.5, 0.6) is 0 Å². The van der Waals surface area contributed by atoms with Gasteiger partial charge in [-0.05, 0) is 25.3 Å². The SMILES string of the molecule is O=C1CCC(NCCC2CCCCC2)CN1. The van der Waals surface area contributed by atoms with Gasteiger partial charge in [-0.15, -0.1) is 0 Å². The van der Waals surface area contributed by atoms with E-state index in [1.54, 1.807) is 0 Å². The highest BCUT2D eigenvalue weighted by atomic mass is 16.1. The summed E-state index contributed by atoms with van der Waals surface area (Å²) in [6, 6.07) is 0.515. The van der Waals surface area contributed by atoms with Crippen LogP contribution in [0.1, 0.15) is 51.4 Å². The number of hydrogen-bond donors (Lipinski definition) is 2. The second-order valence-corrected chi connectivity index (χ2v) is 5.29. The topological polar surface area (TPSA) is 41.1 Å². The lowest BCUT2D eigenvalue weighted by Gasteiger charge is -2.26. The van der Waals surface area contributed by atoms with Crippen LogP contribution in [0.2, 0.25) is 0 Å². The van der Waals surface area contributed by atoms with E-state index in [-0.39, 0.29) is 5.91 Å². The molecule has 0 aromatic heterocycles. The summed E-state index contributed by atoms with van der Waals surface area (Å²) in [7, 11) is 0. The van der Waals surface area contributed by atoms with Crippen LogP contribution in [0, 0.1) is 5.92 Å². The van der Waals surface area contributed by atoms with E-state index >= 15 is 0 Å². The highest BCUT2D eigenvalue weighted by Gasteiger charge is 2.18. The fourth-order valence-electron chi connectivity index (χ4n) is 2.87. The van der Waals surface area contributed by atoms with Crippen molar-refractivity contribution in [2.45, 2.75) is 57.4 Å². The number of rotatable bonds is 4. The Balaban J connectivity index is 1.55. The van der Waals surface area contributed by atoms with Crippen LogP contribution in [-0.4, -0.2) is 25.0 Å². The van der Waals surface area contributed by atoms with Gasteiger partial charge < -0.3 is 10.6 Å².